The number of fused-ring (bicyclic) bond motifs is 2. The molecule has 0 radical (unpaired) electrons. The van der Waals surface area contributed by atoms with Crippen molar-refractivity contribution in [2.45, 2.75) is 25.4 Å². The number of ether oxygens (including phenoxy) is 2. The third-order valence-electron chi connectivity index (χ3n) is 6.22. The molecule has 1 amide bonds. The first-order valence-corrected chi connectivity index (χ1v) is 12.6. The van der Waals surface area contributed by atoms with Crippen molar-refractivity contribution < 1.29 is 27.1 Å². The van der Waals surface area contributed by atoms with E-state index in [1.807, 2.05) is 6.92 Å². The second-order valence-corrected chi connectivity index (χ2v) is 10.4. The summed E-state index contributed by atoms with van der Waals surface area (Å²) in [5.74, 6) is 0.327. The van der Waals surface area contributed by atoms with Crippen LogP contribution in [0.5, 0.6) is 11.5 Å². The Hall–Kier alpha value is -3.33. The Morgan fingerprint density at radius 1 is 1.12 bits per heavy atom. The van der Waals surface area contributed by atoms with Crippen LogP contribution < -0.4 is 14.9 Å². The number of carbonyl (C=O) groups is 1. The molecule has 0 unspecified atom stereocenters. The van der Waals surface area contributed by atoms with Crippen LogP contribution in [0.15, 0.2) is 51.7 Å². The molecule has 0 aliphatic carbocycles. The number of methoxy groups -OCH3 is 1. The quantitative estimate of drug-likeness (QED) is 0.566. The van der Waals surface area contributed by atoms with E-state index in [0.717, 1.165) is 0 Å². The normalized spacial score (nSPS) is 21.4. The van der Waals surface area contributed by atoms with Crippen molar-refractivity contribution in [2.75, 3.05) is 25.2 Å². The fraction of sp³-hybridized carbons (Fsp3) is 0.333. The van der Waals surface area contributed by atoms with E-state index in [2.05, 4.69) is 0 Å². The third-order valence-corrected chi connectivity index (χ3v) is 7.97. The summed E-state index contributed by atoms with van der Waals surface area (Å²) in [4.78, 5) is 28.6. The smallest absolute Gasteiger partial charge is 0.291 e. The maximum atomic E-state index is 13.5. The van der Waals surface area contributed by atoms with Gasteiger partial charge in [-0.1, -0.05) is 18.2 Å². The van der Waals surface area contributed by atoms with Crippen molar-refractivity contribution in [3.8, 4) is 11.5 Å². The molecule has 172 valence electrons. The molecule has 33 heavy (non-hydrogen) atoms. The Morgan fingerprint density at radius 3 is 2.61 bits per heavy atom. The molecular formula is C24H23NO7S. The Balaban J connectivity index is 1.73. The van der Waals surface area contributed by atoms with E-state index in [-0.39, 0.29) is 28.3 Å². The number of amides is 1. The first kappa shape index (κ1) is 21.5. The van der Waals surface area contributed by atoms with Crippen molar-refractivity contribution in [3.63, 3.8) is 0 Å². The first-order valence-electron chi connectivity index (χ1n) is 10.7. The zero-order valence-electron chi connectivity index (χ0n) is 18.2. The molecule has 1 fully saturated rings. The van der Waals surface area contributed by atoms with Gasteiger partial charge in [-0.3, -0.25) is 9.59 Å². The van der Waals surface area contributed by atoms with Crippen LogP contribution in [0.25, 0.3) is 11.0 Å². The van der Waals surface area contributed by atoms with Crippen LogP contribution in [0.1, 0.15) is 41.1 Å². The topological polar surface area (TPSA) is 103 Å². The summed E-state index contributed by atoms with van der Waals surface area (Å²) in [5.41, 5.74) is 0.850. The van der Waals surface area contributed by atoms with Crippen LogP contribution in [0.3, 0.4) is 0 Å². The number of hydrogen-bond donors (Lipinski definition) is 0. The Bertz CT molecular complexity index is 1430. The predicted octanol–water partition coefficient (Wildman–Crippen LogP) is 2.93. The van der Waals surface area contributed by atoms with E-state index >= 15 is 0 Å². The van der Waals surface area contributed by atoms with Gasteiger partial charge in [-0.25, -0.2) is 8.42 Å². The molecule has 2 aliphatic rings. The second-order valence-electron chi connectivity index (χ2n) is 8.19. The number of carbonyl (C=O) groups excluding carboxylic acids is 1. The minimum Gasteiger partial charge on any atom is -0.493 e. The van der Waals surface area contributed by atoms with E-state index in [1.165, 1.54) is 12.0 Å². The van der Waals surface area contributed by atoms with E-state index in [9.17, 15) is 18.0 Å². The Kier molecular flexibility index (Phi) is 5.16. The van der Waals surface area contributed by atoms with Gasteiger partial charge in [0.05, 0.1) is 42.2 Å². The van der Waals surface area contributed by atoms with Crippen LogP contribution in [0, 0.1) is 0 Å². The van der Waals surface area contributed by atoms with Gasteiger partial charge < -0.3 is 18.8 Å². The van der Waals surface area contributed by atoms with Crippen LogP contribution in [-0.4, -0.2) is 50.5 Å². The number of benzene rings is 2. The average molecular weight is 470 g/mol. The lowest BCUT2D eigenvalue weighted by Gasteiger charge is -2.30. The molecule has 2 aromatic carbocycles. The minimum atomic E-state index is -3.27. The second kappa shape index (κ2) is 7.91. The highest BCUT2D eigenvalue weighted by Crippen LogP contribution is 2.43. The van der Waals surface area contributed by atoms with Gasteiger partial charge in [0.15, 0.2) is 26.8 Å². The molecule has 3 aromatic rings. The highest BCUT2D eigenvalue weighted by molar-refractivity contribution is 7.91. The molecule has 2 atom stereocenters. The van der Waals surface area contributed by atoms with Crippen LogP contribution in [0.4, 0.5) is 0 Å². The molecule has 0 bridgehead atoms. The summed E-state index contributed by atoms with van der Waals surface area (Å²) in [7, 11) is -1.76. The predicted molar refractivity (Wildman–Crippen MR) is 122 cm³/mol. The van der Waals surface area contributed by atoms with Crippen molar-refractivity contribution >= 4 is 26.7 Å². The van der Waals surface area contributed by atoms with E-state index in [0.29, 0.717) is 41.1 Å². The molecule has 1 aromatic heterocycles. The standard InChI is InChI=1S/C24H23NO7S/c1-3-31-18-9-8-14(12-19(18)30-2)21-20-22(26)16-6-4-5-7-17(16)32-23(20)24(27)25(21)15-10-11-33(28,29)13-15/h4-9,12,15,21H,3,10-11,13H2,1-2H3/t15-,21-/m0/s1. The SMILES string of the molecule is CCOc1ccc([C@H]2c3c(oc4ccccc4c3=O)C(=O)N2[C@H]2CCS(=O)(=O)C2)cc1OC. The number of rotatable bonds is 5. The van der Waals surface area contributed by atoms with E-state index in [1.54, 1.807) is 42.5 Å². The zero-order chi connectivity index (χ0) is 23.3. The maximum absolute atomic E-state index is 13.5. The third kappa shape index (κ3) is 3.47. The van der Waals surface area contributed by atoms with Crippen LogP contribution >= 0.6 is 0 Å². The number of para-hydroxylation sites is 1. The van der Waals surface area contributed by atoms with Gasteiger partial charge >= 0.3 is 0 Å². The van der Waals surface area contributed by atoms with Crippen molar-refractivity contribution in [1.29, 1.82) is 0 Å². The lowest BCUT2D eigenvalue weighted by molar-refractivity contribution is 0.0662. The minimum absolute atomic E-state index is 0.000458. The van der Waals surface area contributed by atoms with Crippen LogP contribution in [-0.2, 0) is 9.84 Å². The summed E-state index contributed by atoms with van der Waals surface area (Å²) < 4.78 is 41.5. The molecule has 0 N–H and O–H groups in total. The number of hydrogen-bond acceptors (Lipinski definition) is 7. The summed E-state index contributed by atoms with van der Waals surface area (Å²) in [5, 5.41) is 0.368. The fourth-order valence-corrected chi connectivity index (χ4v) is 6.48. The lowest BCUT2D eigenvalue weighted by Crippen LogP contribution is -2.40. The monoisotopic (exact) mass is 469 g/mol. The molecule has 0 spiro atoms. The molecule has 5 rings (SSSR count). The summed E-state index contributed by atoms with van der Waals surface area (Å²) in [6.45, 7) is 2.31. The van der Waals surface area contributed by atoms with Crippen molar-refractivity contribution in [1.82, 2.24) is 4.90 Å². The van der Waals surface area contributed by atoms with Crippen LogP contribution in [0.2, 0.25) is 0 Å². The summed E-state index contributed by atoms with van der Waals surface area (Å²) in [6, 6.07) is 10.6. The number of nitrogens with zero attached hydrogens (tertiary/aromatic N) is 1. The highest BCUT2D eigenvalue weighted by atomic mass is 32.2. The molecule has 9 heteroatoms. The Labute approximate surface area is 190 Å². The van der Waals surface area contributed by atoms with Gasteiger partial charge in [-0.15, -0.1) is 0 Å². The van der Waals surface area contributed by atoms with E-state index < -0.39 is 27.8 Å². The molecule has 3 heterocycles. The van der Waals surface area contributed by atoms with Gasteiger partial charge in [-0.2, -0.15) is 0 Å². The van der Waals surface area contributed by atoms with Gasteiger partial charge in [0.1, 0.15) is 5.58 Å². The van der Waals surface area contributed by atoms with E-state index in [4.69, 9.17) is 13.9 Å². The summed E-state index contributed by atoms with van der Waals surface area (Å²) in [6.07, 6.45) is 0.306. The maximum Gasteiger partial charge on any atom is 0.291 e. The zero-order valence-corrected chi connectivity index (χ0v) is 19.1. The molecule has 2 aliphatic heterocycles. The molecule has 0 saturated carbocycles. The summed E-state index contributed by atoms with van der Waals surface area (Å²) >= 11 is 0. The molecular weight excluding hydrogens is 446 g/mol. The molecule has 8 nitrogen and oxygen atoms in total. The first-order chi connectivity index (χ1) is 15.8. The van der Waals surface area contributed by atoms with Gasteiger partial charge in [0, 0.05) is 6.04 Å². The molecule has 1 saturated heterocycles. The average Bonchev–Trinajstić information content (AvgIpc) is 3.31. The van der Waals surface area contributed by atoms with Gasteiger partial charge in [0.2, 0.25) is 5.76 Å². The highest BCUT2D eigenvalue weighted by Gasteiger charge is 2.48. The van der Waals surface area contributed by atoms with Crippen molar-refractivity contribution in [3.05, 3.63) is 69.6 Å². The largest absolute Gasteiger partial charge is 0.493 e. The van der Waals surface area contributed by atoms with Gasteiger partial charge in [0.25, 0.3) is 5.91 Å². The number of sulfone groups is 1. The van der Waals surface area contributed by atoms with Gasteiger partial charge in [-0.05, 0) is 43.2 Å². The fourth-order valence-electron chi connectivity index (χ4n) is 4.76. The lowest BCUT2D eigenvalue weighted by atomic mass is 9.97. The van der Waals surface area contributed by atoms with Crippen molar-refractivity contribution in [2.24, 2.45) is 0 Å². The Morgan fingerprint density at radius 2 is 1.91 bits per heavy atom.